The molecule has 0 saturated carbocycles. The minimum Gasteiger partial charge on any atom is -0.481 e. The van der Waals surface area contributed by atoms with Gasteiger partial charge in [-0.3, -0.25) is 14.4 Å². The van der Waals surface area contributed by atoms with Crippen molar-refractivity contribution in [3.63, 3.8) is 0 Å². The molecule has 144 valence electrons. The van der Waals surface area contributed by atoms with Crippen molar-refractivity contribution in [2.45, 2.75) is 39.7 Å². The fraction of sp³-hybridized carbons (Fsp3) is 0.286. The van der Waals surface area contributed by atoms with Crippen LogP contribution in [0.1, 0.15) is 44.0 Å². The fourth-order valence-electron chi connectivity index (χ4n) is 2.29. The van der Waals surface area contributed by atoms with Gasteiger partial charge < -0.3 is 15.7 Å². The zero-order valence-corrected chi connectivity index (χ0v) is 15.9. The summed E-state index contributed by atoms with van der Waals surface area (Å²) < 4.78 is 0. The summed E-state index contributed by atoms with van der Waals surface area (Å²) in [5, 5.41) is 14.1. The quantitative estimate of drug-likeness (QED) is 0.712. The van der Waals surface area contributed by atoms with Crippen LogP contribution in [0.5, 0.6) is 0 Å². The van der Waals surface area contributed by atoms with Crippen molar-refractivity contribution < 1.29 is 19.5 Å². The number of carbonyl (C=O) groups excluding carboxylic acids is 2. The molecule has 0 radical (unpaired) electrons. The Morgan fingerprint density at radius 3 is 2.56 bits per heavy atom. The minimum atomic E-state index is -1.03. The zero-order chi connectivity index (χ0) is 20.2. The van der Waals surface area contributed by atoms with E-state index in [9.17, 15) is 14.4 Å². The molecule has 0 aromatic heterocycles. The van der Waals surface area contributed by atoms with Crippen LogP contribution in [-0.2, 0) is 9.59 Å². The second-order valence-electron chi connectivity index (χ2n) is 5.68. The Morgan fingerprint density at radius 2 is 1.85 bits per heavy atom. The first kappa shape index (κ1) is 21.9. The van der Waals surface area contributed by atoms with Crippen molar-refractivity contribution in [2.24, 2.45) is 0 Å². The number of amides is 2. The third-order valence-electron chi connectivity index (χ3n) is 3.50. The van der Waals surface area contributed by atoms with Crippen LogP contribution in [-0.4, -0.2) is 28.9 Å². The first-order chi connectivity index (χ1) is 12.9. The largest absolute Gasteiger partial charge is 0.481 e. The third kappa shape index (κ3) is 8.18. The summed E-state index contributed by atoms with van der Waals surface area (Å²) >= 11 is 0. The van der Waals surface area contributed by atoms with Gasteiger partial charge in [0.05, 0.1) is 12.5 Å². The average Bonchev–Trinajstić information content (AvgIpc) is 2.85. The normalized spacial score (nSPS) is 14.9. The lowest BCUT2D eigenvalue weighted by molar-refractivity contribution is -0.138. The van der Waals surface area contributed by atoms with Gasteiger partial charge >= 0.3 is 5.97 Å². The predicted octanol–water partition coefficient (Wildman–Crippen LogP) is 3.69. The topological polar surface area (TPSA) is 95.5 Å². The van der Waals surface area contributed by atoms with Gasteiger partial charge in [0, 0.05) is 17.7 Å². The molecule has 1 unspecified atom stereocenters. The summed E-state index contributed by atoms with van der Waals surface area (Å²) in [6.45, 7) is 5.95. The maximum atomic E-state index is 12.4. The smallest absolute Gasteiger partial charge is 0.303 e. The van der Waals surface area contributed by atoms with Gasteiger partial charge in [0.15, 0.2) is 0 Å². The number of nitrogens with one attached hydrogen (secondary N) is 2. The van der Waals surface area contributed by atoms with Crippen LogP contribution < -0.4 is 10.6 Å². The van der Waals surface area contributed by atoms with Gasteiger partial charge in [0.1, 0.15) is 0 Å². The molecule has 1 aliphatic carbocycles. The number of hydrogen-bond acceptors (Lipinski definition) is 3. The Hall–Kier alpha value is -3.15. The lowest BCUT2D eigenvalue weighted by Gasteiger charge is -2.12. The van der Waals surface area contributed by atoms with Gasteiger partial charge in [0.25, 0.3) is 5.91 Å². The van der Waals surface area contributed by atoms with Gasteiger partial charge in [-0.1, -0.05) is 55.9 Å². The SMILES string of the molecule is CC.CC1=CC(NC(=O)c2cccc(NC(=O)CCC(=O)O)c2)C=CC=C1. The van der Waals surface area contributed by atoms with Gasteiger partial charge in [-0.25, -0.2) is 0 Å². The van der Waals surface area contributed by atoms with E-state index in [0.717, 1.165) is 5.57 Å². The highest BCUT2D eigenvalue weighted by Gasteiger charge is 2.12. The van der Waals surface area contributed by atoms with E-state index in [-0.39, 0.29) is 24.8 Å². The van der Waals surface area contributed by atoms with Crippen molar-refractivity contribution in [2.75, 3.05) is 5.32 Å². The Balaban J connectivity index is 0.00000176. The molecule has 0 heterocycles. The van der Waals surface area contributed by atoms with Gasteiger partial charge in [0.2, 0.25) is 5.91 Å². The molecule has 1 aromatic carbocycles. The molecule has 2 rings (SSSR count). The standard InChI is InChI=1S/C19H20N2O4.C2H6/c1-13-5-2-3-7-15(11-13)21-19(25)14-6-4-8-16(12-14)20-17(22)9-10-18(23)24;1-2/h2-8,11-12,15H,9-10H2,1H3,(H,20,22)(H,21,25)(H,23,24);1-2H3. The van der Waals surface area contributed by atoms with E-state index in [1.54, 1.807) is 24.3 Å². The molecular formula is C21H26N2O4. The lowest BCUT2D eigenvalue weighted by atomic mass is 10.1. The number of carboxylic acids is 1. The van der Waals surface area contributed by atoms with Crippen molar-refractivity contribution in [3.05, 3.63) is 65.8 Å². The number of carboxylic acid groups (broad SMARTS) is 1. The van der Waals surface area contributed by atoms with Crippen LogP contribution in [0.2, 0.25) is 0 Å². The molecule has 0 fully saturated rings. The molecule has 2 amide bonds. The Morgan fingerprint density at radius 1 is 1.11 bits per heavy atom. The first-order valence-corrected chi connectivity index (χ1v) is 8.90. The number of aliphatic carboxylic acids is 1. The Labute approximate surface area is 159 Å². The number of hydrogen-bond donors (Lipinski definition) is 3. The summed E-state index contributed by atoms with van der Waals surface area (Å²) in [5.41, 5.74) is 1.91. The second kappa shape index (κ2) is 11.5. The Kier molecular flexibility index (Phi) is 9.29. The van der Waals surface area contributed by atoms with Crippen molar-refractivity contribution in [1.82, 2.24) is 5.32 Å². The summed E-state index contributed by atoms with van der Waals surface area (Å²) in [4.78, 5) is 34.6. The molecule has 0 bridgehead atoms. The maximum absolute atomic E-state index is 12.4. The van der Waals surface area contributed by atoms with Crippen molar-refractivity contribution in [3.8, 4) is 0 Å². The van der Waals surface area contributed by atoms with E-state index >= 15 is 0 Å². The predicted molar refractivity (Wildman–Crippen MR) is 107 cm³/mol. The fourth-order valence-corrected chi connectivity index (χ4v) is 2.29. The van der Waals surface area contributed by atoms with Crippen LogP contribution >= 0.6 is 0 Å². The van der Waals surface area contributed by atoms with Crippen LogP contribution in [0.15, 0.2) is 60.2 Å². The van der Waals surface area contributed by atoms with E-state index in [1.807, 2.05) is 51.2 Å². The summed E-state index contributed by atoms with van der Waals surface area (Å²) in [7, 11) is 0. The van der Waals surface area contributed by atoms with Crippen LogP contribution in [0.4, 0.5) is 5.69 Å². The molecule has 1 atom stereocenters. The average molecular weight is 370 g/mol. The number of rotatable bonds is 6. The van der Waals surface area contributed by atoms with E-state index < -0.39 is 11.9 Å². The van der Waals surface area contributed by atoms with E-state index in [0.29, 0.717) is 11.3 Å². The Bertz CT molecular complexity index is 763. The highest BCUT2D eigenvalue weighted by atomic mass is 16.4. The summed E-state index contributed by atoms with van der Waals surface area (Å²) in [5.74, 6) is -1.70. The lowest BCUT2D eigenvalue weighted by Crippen LogP contribution is -2.32. The van der Waals surface area contributed by atoms with Crippen LogP contribution in [0, 0.1) is 0 Å². The van der Waals surface area contributed by atoms with Crippen LogP contribution in [0.25, 0.3) is 0 Å². The highest BCUT2D eigenvalue weighted by molar-refractivity contribution is 5.97. The van der Waals surface area contributed by atoms with Crippen molar-refractivity contribution in [1.29, 1.82) is 0 Å². The molecule has 3 N–H and O–H groups in total. The first-order valence-electron chi connectivity index (χ1n) is 8.90. The maximum Gasteiger partial charge on any atom is 0.303 e. The molecular weight excluding hydrogens is 344 g/mol. The highest BCUT2D eigenvalue weighted by Crippen LogP contribution is 2.12. The zero-order valence-electron chi connectivity index (χ0n) is 15.9. The minimum absolute atomic E-state index is 0.115. The van der Waals surface area contributed by atoms with Crippen molar-refractivity contribution >= 4 is 23.5 Å². The summed E-state index contributed by atoms with van der Waals surface area (Å²) in [6.07, 6.45) is 9.20. The monoisotopic (exact) mass is 370 g/mol. The van der Waals surface area contributed by atoms with Gasteiger partial charge in [-0.15, -0.1) is 0 Å². The second-order valence-corrected chi connectivity index (χ2v) is 5.68. The van der Waals surface area contributed by atoms with E-state index in [2.05, 4.69) is 10.6 Å². The molecule has 1 aromatic rings. The number of anilines is 1. The molecule has 6 heteroatoms. The molecule has 1 aliphatic rings. The van der Waals surface area contributed by atoms with Gasteiger partial charge in [-0.2, -0.15) is 0 Å². The third-order valence-corrected chi connectivity index (χ3v) is 3.50. The molecule has 0 spiro atoms. The molecule has 6 nitrogen and oxygen atoms in total. The summed E-state index contributed by atoms with van der Waals surface area (Å²) in [6, 6.07) is 6.31. The molecule has 0 saturated heterocycles. The number of carbonyl (C=O) groups is 3. The van der Waals surface area contributed by atoms with Crippen LogP contribution in [0.3, 0.4) is 0 Å². The van der Waals surface area contributed by atoms with E-state index in [1.165, 1.54) is 0 Å². The van der Waals surface area contributed by atoms with Gasteiger partial charge in [-0.05, 0) is 25.1 Å². The number of allylic oxidation sites excluding steroid dienone is 4. The van der Waals surface area contributed by atoms with E-state index in [4.69, 9.17) is 5.11 Å². The number of benzene rings is 1. The molecule has 27 heavy (non-hydrogen) atoms. The molecule has 0 aliphatic heterocycles.